The fraction of sp³-hybridized carbons (Fsp3) is 0.385. The van der Waals surface area contributed by atoms with Gasteiger partial charge in [0.15, 0.2) is 0 Å². The van der Waals surface area contributed by atoms with E-state index in [0.29, 0.717) is 5.56 Å². The summed E-state index contributed by atoms with van der Waals surface area (Å²) in [5, 5.41) is 8.26. The second-order valence-corrected chi connectivity index (χ2v) is 6.14. The van der Waals surface area contributed by atoms with Gasteiger partial charge in [-0.25, -0.2) is 13.6 Å². The molecule has 0 fully saturated rings. The van der Waals surface area contributed by atoms with Gasteiger partial charge in [-0.3, -0.25) is 4.39 Å². The number of methoxy groups -OCH3 is 1. The summed E-state index contributed by atoms with van der Waals surface area (Å²) in [5.41, 5.74) is 9.84. The Hall–Kier alpha value is -1.93. The third-order valence-corrected chi connectivity index (χ3v) is 3.52. The number of hydrogen-bond acceptors (Lipinski definition) is 4. The number of nitrogens with zero attached hydrogens (tertiary/aromatic N) is 3. The van der Waals surface area contributed by atoms with Gasteiger partial charge >= 0.3 is 0 Å². The monoisotopic (exact) mass is 328 g/mol. The van der Waals surface area contributed by atoms with Crippen LogP contribution in [0, 0.1) is 0 Å². The van der Waals surface area contributed by atoms with E-state index in [0.717, 1.165) is 5.56 Å². The van der Waals surface area contributed by atoms with Crippen LogP contribution in [-0.4, -0.2) is 34.0 Å². The van der Waals surface area contributed by atoms with Crippen LogP contribution in [-0.2, 0) is 14.8 Å². The fourth-order valence-corrected chi connectivity index (χ4v) is 2.23. The van der Waals surface area contributed by atoms with E-state index >= 15 is 0 Å². The average Bonchev–Trinajstić information content (AvgIpc) is 2.47. The third-order valence-electron chi connectivity index (χ3n) is 2.87. The van der Waals surface area contributed by atoms with E-state index < -0.39 is 28.8 Å². The van der Waals surface area contributed by atoms with Crippen molar-refractivity contribution in [3.05, 3.63) is 51.9 Å². The maximum Gasteiger partial charge on any atom is 0.212 e. The highest BCUT2D eigenvalue weighted by molar-refractivity contribution is 7.89. The predicted molar refractivity (Wildman–Crippen MR) is 82.1 cm³/mol. The quantitative estimate of drug-likeness (QED) is 0.448. The molecule has 120 valence electrons. The number of ether oxygens (including phenoxy) is 1. The Bertz CT molecular complexity index is 654. The average molecular weight is 328 g/mol. The summed E-state index contributed by atoms with van der Waals surface area (Å²) in [5.74, 6) is -0.254. The van der Waals surface area contributed by atoms with Crippen LogP contribution in [0.4, 0.5) is 4.39 Å². The summed E-state index contributed by atoms with van der Waals surface area (Å²) in [6.45, 7) is -0.835. The van der Waals surface area contributed by atoms with Crippen LogP contribution in [0.2, 0.25) is 0 Å². The van der Waals surface area contributed by atoms with Crippen molar-refractivity contribution in [2.24, 2.45) is 10.3 Å². The molecule has 1 rings (SSSR count). The van der Waals surface area contributed by atoms with Gasteiger partial charge in [-0.1, -0.05) is 41.5 Å². The van der Waals surface area contributed by atoms with Crippen molar-refractivity contribution in [2.45, 2.75) is 12.1 Å². The van der Waals surface area contributed by atoms with Gasteiger partial charge in [0.05, 0.1) is 17.9 Å². The van der Waals surface area contributed by atoms with Crippen LogP contribution in [0.15, 0.2) is 35.5 Å². The largest absolute Gasteiger partial charge is 0.376 e. The zero-order valence-electron chi connectivity index (χ0n) is 12.0. The van der Waals surface area contributed by atoms with E-state index in [2.05, 4.69) is 10.0 Å². The lowest BCUT2D eigenvalue weighted by atomic mass is 10.0. The molecule has 0 spiro atoms. The van der Waals surface area contributed by atoms with Gasteiger partial charge in [0, 0.05) is 12.0 Å². The molecule has 0 saturated carbocycles. The Balaban J connectivity index is 2.88. The minimum Gasteiger partial charge on any atom is -0.376 e. The number of alkyl halides is 1. The number of rotatable bonds is 8. The highest BCUT2D eigenvalue weighted by Gasteiger charge is 2.21. The first-order valence-electron chi connectivity index (χ1n) is 6.31. The van der Waals surface area contributed by atoms with Crippen LogP contribution in [0.1, 0.15) is 17.2 Å². The molecule has 0 aliphatic heterocycles. The van der Waals surface area contributed by atoms with Gasteiger partial charge in [-0.05, 0) is 16.7 Å². The standard InChI is InChI=1S/C13H17FN4O3S/c1-21-13(12(9-14)17-18-15)11-6-4-10(5-7-11)3-2-8-22(16,19)20/h2-7,12-13H,8-9H2,1H3,(H2,16,19,20)/b3-2+/t12-,13-/m1/s1. The van der Waals surface area contributed by atoms with Crippen LogP contribution in [0.5, 0.6) is 0 Å². The van der Waals surface area contributed by atoms with E-state index in [1.54, 1.807) is 30.3 Å². The topological polar surface area (TPSA) is 118 Å². The molecular formula is C13H17FN4O3S. The minimum absolute atomic E-state index is 0.254. The summed E-state index contributed by atoms with van der Waals surface area (Å²) in [7, 11) is -2.13. The van der Waals surface area contributed by atoms with E-state index in [1.165, 1.54) is 13.2 Å². The summed E-state index contributed by atoms with van der Waals surface area (Å²) in [6, 6.07) is 5.87. The lowest BCUT2D eigenvalue weighted by Gasteiger charge is -2.20. The van der Waals surface area contributed by atoms with Crippen LogP contribution in [0.3, 0.4) is 0 Å². The van der Waals surface area contributed by atoms with Crippen molar-refractivity contribution in [1.82, 2.24) is 0 Å². The van der Waals surface area contributed by atoms with Crippen molar-refractivity contribution >= 4 is 16.1 Å². The molecule has 0 aliphatic rings. The zero-order valence-corrected chi connectivity index (χ0v) is 12.8. The summed E-state index contributed by atoms with van der Waals surface area (Å²) >= 11 is 0. The summed E-state index contributed by atoms with van der Waals surface area (Å²) in [4.78, 5) is 2.61. The Kier molecular flexibility index (Phi) is 7.00. The Morgan fingerprint density at radius 2 is 2.09 bits per heavy atom. The first kappa shape index (κ1) is 18.1. The van der Waals surface area contributed by atoms with Crippen LogP contribution >= 0.6 is 0 Å². The highest BCUT2D eigenvalue weighted by atomic mass is 32.2. The molecule has 1 aromatic carbocycles. The normalized spacial score (nSPS) is 14.5. The molecule has 0 radical (unpaired) electrons. The van der Waals surface area contributed by atoms with E-state index in [4.69, 9.17) is 15.4 Å². The van der Waals surface area contributed by atoms with E-state index in [9.17, 15) is 12.8 Å². The van der Waals surface area contributed by atoms with Crippen molar-refractivity contribution in [1.29, 1.82) is 0 Å². The number of sulfonamides is 1. The molecule has 0 aliphatic carbocycles. The van der Waals surface area contributed by atoms with Crippen LogP contribution in [0.25, 0.3) is 16.5 Å². The second kappa shape index (κ2) is 8.50. The maximum atomic E-state index is 12.9. The first-order chi connectivity index (χ1) is 10.4. The Morgan fingerprint density at radius 3 is 2.55 bits per heavy atom. The number of azide groups is 1. The summed E-state index contributed by atoms with van der Waals surface area (Å²) in [6.07, 6.45) is 2.35. The van der Waals surface area contributed by atoms with E-state index in [-0.39, 0.29) is 5.75 Å². The van der Waals surface area contributed by atoms with Crippen molar-refractivity contribution in [3.63, 3.8) is 0 Å². The lowest BCUT2D eigenvalue weighted by molar-refractivity contribution is 0.0722. The van der Waals surface area contributed by atoms with Gasteiger partial charge in [0.2, 0.25) is 10.0 Å². The molecule has 0 aromatic heterocycles. The van der Waals surface area contributed by atoms with E-state index in [1.807, 2.05) is 0 Å². The fourth-order valence-electron chi connectivity index (χ4n) is 1.87. The molecule has 0 amide bonds. The number of nitrogens with two attached hydrogens (primary N) is 1. The van der Waals surface area contributed by atoms with Gasteiger partial charge in [-0.2, -0.15) is 0 Å². The molecule has 1 aromatic rings. The lowest BCUT2D eigenvalue weighted by Crippen LogP contribution is -2.20. The number of halogens is 1. The van der Waals surface area contributed by atoms with Gasteiger partial charge in [-0.15, -0.1) is 0 Å². The number of primary sulfonamides is 1. The van der Waals surface area contributed by atoms with Crippen molar-refractivity contribution in [2.75, 3.05) is 19.5 Å². The maximum absolute atomic E-state index is 12.9. The molecule has 0 heterocycles. The third kappa shape index (κ3) is 5.82. The molecule has 0 saturated heterocycles. The number of benzene rings is 1. The molecule has 22 heavy (non-hydrogen) atoms. The van der Waals surface area contributed by atoms with Gasteiger partial charge in [0.1, 0.15) is 6.67 Å². The molecule has 7 nitrogen and oxygen atoms in total. The van der Waals surface area contributed by atoms with Gasteiger partial charge in [0.25, 0.3) is 0 Å². The molecule has 0 unspecified atom stereocenters. The number of hydrogen-bond donors (Lipinski definition) is 1. The predicted octanol–water partition coefficient (Wildman–Crippen LogP) is 2.32. The molecular weight excluding hydrogens is 311 g/mol. The second-order valence-electron chi connectivity index (χ2n) is 4.48. The molecule has 2 N–H and O–H groups in total. The molecule has 9 heteroatoms. The zero-order chi connectivity index (χ0) is 16.6. The Labute approximate surface area is 128 Å². The minimum atomic E-state index is -3.54. The SMILES string of the molecule is CO[C@H](c1ccc(/C=C/CS(N)(=O)=O)cc1)[C@@H](CF)N=[N+]=[N-]. The summed E-state index contributed by atoms with van der Waals surface area (Å²) < 4.78 is 39.7. The van der Waals surface area contributed by atoms with Crippen molar-refractivity contribution < 1.29 is 17.5 Å². The smallest absolute Gasteiger partial charge is 0.212 e. The van der Waals surface area contributed by atoms with Crippen molar-refractivity contribution in [3.8, 4) is 0 Å². The molecule has 2 atom stereocenters. The first-order valence-corrected chi connectivity index (χ1v) is 8.02. The highest BCUT2D eigenvalue weighted by Crippen LogP contribution is 2.24. The Morgan fingerprint density at radius 1 is 1.45 bits per heavy atom. The van der Waals surface area contributed by atoms with Crippen LogP contribution < -0.4 is 5.14 Å². The van der Waals surface area contributed by atoms with Gasteiger partial charge < -0.3 is 4.74 Å². The molecule has 0 bridgehead atoms.